The lowest BCUT2D eigenvalue weighted by Crippen LogP contribution is -2.17. The molecule has 2 heterocycles. The number of carbonyl (C=O) groups is 1. The molecule has 136 valence electrons. The lowest BCUT2D eigenvalue weighted by molar-refractivity contribution is -0.119. The number of hydrogen-bond acceptors (Lipinski definition) is 5. The number of fused-ring (bicyclic) bond motifs is 1. The van der Waals surface area contributed by atoms with Gasteiger partial charge in [0.25, 0.3) is 5.91 Å². The molecular formula is C19H18N6O2. The molecule has 8 heteroatoms. The highest BCUT2D eigenvalue weighted by Crippen LogP contribution is 2.26. The van der Waals surface area contributed by atoms with E-state index in [9.17, 15) is 4.79 Å². The zero-order valence-corrected chi connectivity index (χ0v) is 14.7. The van der Waals surface area contributed by atoms with Crippen molar-refractivity contribution in [1.29, 1.82) is 0 Å². The molecule has 0 aliphatic carbocycles. The van der Waals surface area contributed by atoms with Gasteiger partial charge < -0.3 is 10.1 Å². The first kappa shape index (κ1) is 16.9. The SMILES string of the molecule is COCC(=O)Nc1n[nH]c2ccc(-c3cn(Cc4ccccc4)nn3)cc12. The number of ether oxygens (including phenoxy) is 1. The number of nitrogens with one attached hydrogen (secondary N) is 2. The van der Waals surface area contributed by atoms with Gasteiger partial charge in [0.05, 0.1) is 18.3 Å². The van der Waals surface area contributed by atoms with Crippen LogP contribution in [0.3, 0.4) is 0 Å². The molecule has 0 atom stereocenters. The van der Waals surface area contributed by atoms with Crippen molar-refractivity contribution in [2.24, 2.45) is 0 Å². The fourth-order valence-electron chi connectivity index (χ4n) is 2.85. The smallest absolute Gasteiger partial charge is 0.251 e. The molecule has 27 heavy (non-hydrogen) atoms. The average Bonchev–Trinajstić information content (AvgIpc) is 3.30. The lowest BCUT2D eigenvalue weighted by Gasteiger charge is -2.02. The summed E-state index contributed by atoms with van der Waals surface area (Å²) in [6.45, 7) is 0.627. The van der Waals surface area contributed by atoms with Crippen molar-refractivity contribution in [3.63, 3.8) is 0 Å². The van der Waals surface area contributed by atoms with Crippen LogP contribution in [0.15, 0.2) is 54.7 Å². The van der Waals surface area contributed by atoms with E-state index in [2.05, 4.69) is 25.8 Å². The highest BCUT2D eigenvalue weighted by Gasteiger charge is 2.12. The second-order valence-electron chi connectivity index (χ2n) is 6.10. The number of amides is 1. The topological polar surface area (TPSA) is 97.7 Å². The summed E-state index contributed by atoms with van der Waals surface area (Å²) in [6, 6.07) is 15.9. The summed E-state index contributed by atoms with van der Waals surface area (Å²) >= 11 is 0. The number of H-pyrrole nitrogens is 1. The monoisotopic (exact) mass is 362 g/mol. The van der Waals surface area contributed by atoms with E-state index >= 15 is 0 Å². The van der Waals surface area contributed by atoms with Crippen LogP contribution in [0.2, 0.25) is 0 Å². The number of aromatic nitrogens is 5. The summed E-state index contributed by atoms with van der Waals surface area (Å²) in [5.41, 5.74) is 3.62. The average molecular weight is 362 g/mol. The molecule has 0 fully saturated rings. The van der Waals surface area contributed by atoms with Gasteiger partial charge in [-0.15, -0.1) is 5.10 Å². The summed E-state index contributed by atoms with van der Waals surface area (Å²) in [5, 5.41) is 19.1. The van der Waals surface area contributed by atoms with Gasteiger partial charge in [0.2, 0.25) is 0 Å². The van der Waals surface area contributed by atoms with Crippen molar-refractivity contribution < 1.29 is 9.53 Å². The van der Waals surface area contributed by atoms with Gasteiger partial charge in [-0.25, -0.2) is 4.68 Å². The van der Waals surface area contributed by atoms with Gasteiger partial charge in [0.1, 0.15) is 12.3 Å². The fourth-order valence-corrected chi connectivity index (χ4v) is 2.85. The summed E-state index contributed by atoms with van der Waals surface area (Å²) in [4.78, 5) is 11.8. The Morgan fingerprint density at radius 1 is 1.22 bits per heavy atom. The maximum absolute atomic E-state index is 11.8. The van der Waals surface area contributed by atoms with Crippen molar-refractivity contribution in [3.05, 3.63) is 60.3 Å². The molecule has 2 aromatic heterocycles. The van der Waals surface area contributed by atoms with Crippen molar-refractivity contribution in [2.75, 3.05) is 19.0 Å². The van der Waals surface area contributed by atoms with Crippen molar-refractivity contribution in [3.8, 4) is 11.3 Å². The Morgan fingerprint density at radius 2 is 2.07 bits per heavy atom. The van der Waals surface area contributed by atoms with Gasteiger partial charge >= 0.3 is 0 Å². The first-order chi connectivity index (χ1) is 13.2. The minimum absolute atomic E-state index is 0.0259. The van der Waals surface area contributed by atoms with E-state index < -0.39 is 0 Å². The second kappa shape index (κ2) is 7.38. The van der Waals surface area contributed by atoms with Crippen LogP contribution in [0.5, 0.6) is 0 Å². The Hall–Kier alpha value is -3.52. The predicted molar refractivity (Wildman–Crippen MR) is 101 cm³/mol. The van der Waals surface area contributed by atoms with E-state index in [0.29, 0.717) is 12.4 Å². The Labute approximate surface area is 155 Å². The van der Waals surface area contributed by atoms with Crippen molar-refractivity contribution in [1.82, 2.24) is 25.2 Å². The third-order valence-electron chi connectivity index (χ3n) is 4.12. The number of benzene rings is 2. The summed E-state index contributed by atoms with van der Waals surface area (Å²) in [5.74, 6) is 0.204. The first-order valence-electron chi connectivity index (χ1n) is 8.44. The number of rotatable bonds is 6. The quantitative estimate of drug-likeness (QED) is 0.549. The third kappa shape index (κ3) is 3.70. The number of carbonyl (C=O) groups excluding carboxylic acids is 1. The van der Waals surface area contributed by atoms with Gasteiger partial charge in [0, 0.05) is 18.1 Å². The van der Waals surface area contributed by atoms with Gasteiger partial charge in [-0.3, -0.25) is 9.89 Å². The highest BCUT2D eigenvalue weighted by molar-refractivity contribution is 6.01. The van der Waals surface area contributed by atoms with Crippen LogP contribution in [-0.4, -0.2) is 44.8 Å². The molecule has 4 rings (SSSR count). The van der Waals surface area contributed by atoms with Crippen molar-refractivity contribution >= 4 is 22.6 Å². The van der Waals surface area contributed by atoms with Crippen molar-refractivity contribution in [2.45, 2.75) is 6.54 Å². The van der Waals surface area contributed by atoms with Crippen LogP contribution < -0.4 is 5.32 Å². The van der Waals surface area contributed by atoms with E-state index in [1.54, 1.807) is 4.68 Å². The standard InChI is InChI=1S/C19H18N6O2/c1-27-12-18(26)20-19-15-9-14(7-8-16(15)21-23-19)17-11-25(24-22-17)10-13-5-3-2-4-6-13/h2-9,11H,10,12H2,1H3,(H2,20,21,23,26). The zero-order valence-electron chi connectivity index (χ0n) is 14.7. The molecule has 0 spiro atoms. The number of hydrogen-bond donors (Lipinski definition) is 2. The molecule has 8 nitrogen and oxygen atoms in total. The number of methoxy groups -OCH3 is 1. The van der Waals surface area contributed by atoms with E-state index in [4.69, 9.17) is 4.74 Å². The minimum atomic E-state index is -0.259. The molecule has 2 N–H and O–H groups in total. The first-order valence-corrected chi connectivity index (χ1v) is 8.44. The summed E-state index contributed by atoms with van der Waals surface area (Å²) in [7, 11) is 1.47. The van der Waals surface area contributed by atoms with Crippen LogP contribution in [0.25, 0.3) is 22.2 Å². The Balaban J connectivity index is 1.59. The van der Waals surface area contributed by atoms with Crippen LogP contribution in [-0.2, 0) is 16.1 Å². The molecule has 0 saturated carbocycles. The Morgan fingerprint density at radius 3 is 2.89 bits per heavy atom. The molecule has 0 bridgehead atoms. The largest absolute Gasteiger partial charge is 0.375 e. The van der Waals surface area contributed by atoms with Crippen LogP contribution in [0.1, 0.15) is 5.56 Å². The number of anilines is 1. The normalized spacial score (nSPS) is 11.0. The predicted octanol–water partition coefficient (Wildman–Crippen LogP) is 2.45. The molecular weight excluding hydrogens is 344 g/mol. The van der Waals surface area contributed by atoms with E-state index in [-0.39, 0.29) is 12.5 Å². The second-order valence-corrected chi connectivity index (χ2v) is 6.10. The molecule has 0 saturated heterocycles. The zero-order chi connectivity index (χ0) is 18.6. The van der Waals surface area contributed by atoms with E-state index in [1.165, 1.54) is 7.11 Å². The molecule has 4 aromatic rings. The van der Waals surface area contributed by atoms with Gasteiger partial charge in [-0.2, -0.15) is 5.10 Å². The molecule has 0 aliphatic heterocycles. The number of aromatic amines is 1. The molecule has 0 unspecified atom stereocenters. The Kier molecular flexibility index (Phi) is 4.63. The maximum Gasteiger partial charge on any atom is 0.251 e. The summed E-state index contributed by atoms with van der Waals surface area (Å²) in [6.07, 6.45) is 1.90. The third-order valence-corrected chi connectivity index (χ3v) is 4.12. The molecule has 1 amide bonds. The molecule has 0 aliphatic rings. The summed E-state index contributed by atoms with van der Waals surface area (Å²) < 4.78 is 6.64. The van der Waals surface area contributed by atoms with Crippen LogP contribution >= 0.6 is 0 Å². The van der Waals surface area contributed by atoms with E-state index in [0.717, 1.165) is 27.7 Å². The molecule has 2 aromatic carbocycles. The minimum Gasteiger partial charge on any atom is -0.375 e. The highest BCUT2D eigenvalue weighted by atomic mass is 16.5. The molecule has 0 radical (unpaired) electrons. The van der Waals surface area contributed by atoms with Crippen LogP contribution in [0, 0.1) is 0 Å². The number of nitrogens with zero attached hydrogens (tertiary/aromatic N) is 4. The lowest BCUT2D eigenvalue weighted by atomic mass is 10.1. The van der Waals surface area contributed by atoms with Gasteiger partial charge in [-0.05, 0) is 17.7 Å². The van der Waals surface area contributed by atoms with Crippen LogP contribution in [0.4, 0.5) is 5.82 Å². The van der Waals surface area contributed by atoms with Gasteiger partial charge in [-0.1, -0.05) is 41.6 Å². The fraction of sp³-hybridized carbons (Fsp3) is 0.158. The Bertz CT molecular complexity index is 1070. The maximum atomic E-state index is 11.8. The van der Waals surface area contributed by atoms with E-state index in [1.807, 2.05) is 54.7 Å². The van der Waals surface area contributed by atoms with Gasteiger partial charge in [0.15, 0.2) is 5.82 Å².